The van der Waals surface area contributed by atoms with Crippen molar-refractivity contribution >= 4 is 17.2 Å². The minimum Gasteiger partial charge on any atom is -0.219 e. The van der Waals surface area contributed by atoms with E-state index in [2.05, 4.69) is 16.2 Å². The summed E-state index contributed by atoms with van der Waals surface area (Å²) in [6.07, 6.45) is 1.75. The molecule has 1 aromatic carbocycles. The van der Waals surface area contributed by atoms with Gasteiger partial charge in [-0.15, -0.1) is 5.10 Å². The van der Waals surface area contributed by atoms with Crippen LogP contribution in [0, 0.1) is 11.3 Å². The standard InChI is InChI=1S/C13H7ClN4/c14-11-6-2-1-5-10(11)12-16-13-9(8-15)4-3-7-18(13)17-12/h1-7H. The number of halogens is 1. The number of rotatable bonds is 1. The van der Waals surface area contributed by atoms with E-state index in [4.69, 9.17) is 16.9 Å². The van der Waals surface area contributed by atoms with Crippen molar-refractivity contribution in [2.45, 2.75) is 0 Å². The summed E-state index contributed by atoms with van der Waals surface area (Å²) in [5.74, 6) is 0.517. The molecular weight excluding hydrogens is 248 g/mol. The van der Waals surface area contributed by atoms with Gasteiger partial charge >= 0.3 is 0 Å². The van der Waals surface area contributed by atoms with Gasteiger partial charge in [0.1, 0.15) is 6.07 Å². The summed E-state index contributed by atoms with van der Waals surface area (Å²) >= 11 is 6.11. The van der Waals surface area contributed by atoms with E-state index in [0.29, 0.717) is 22.1 Å². The van der Waals surface area contributed by atoms with Crippen LogP contribution in [0.2, 0.25) is 5.02 Å². The van der Waals surface area contributed by atoms with Crippen molar-refractivity contribution in [1.29, 1.82) is 5.26 Å². The Morgan fingerprint density at radius 3 is 2.78 bits per heavy atom. The number of pyridine rings is 1. The lowest BCUT2D eigenvalue weighted by Gasteiger charge is -1.96. The number of benzene rings is 1. The molecule has 0 fully saturated rings. The number of nitrogens with zero attached hydrogens (tertiary/aromatic N) is 4. The molecule has 0 bridgehead atoms. The zero-order valence-electron chi connectivity index (χ0n) is 9.21. The Morgan fingerprint density at radius 1 is 1.17 bits per heavy atom. The number of nitriles is 1. The largest absolute Gasteiger partial charge is 0.219 e. The Morgan fingerprint density at radius 2 is 2.00 bits per heavy atom. The van der Waals surface area contributed by atoms with Crippen molar-refractivity contribution in [3.63, 3.8) is 0 Å². The number of hydrogen-bond donors (Lipinski definition) is 0. The van der Waals surface area contributed by atoms with Crippen LogP contribution < -0.4 is 0 Å². The molecule has 0 radical (unpaired) electrons. The van der Waals surface area contributed by atoms with E-state index >= 15 is 0 Å². The zero-order valence-corrected chi connectivity index (χ0v) is 9.96. The molecule has 0 unspecified atom stereocenters. The highest BCUT2D eigenvalue weighted by molar-refractivity contribution is 6.33. The molecule has 2 heterocycles. The fraction of sp³-hybridized carbons (Fsp3) is 0. The quantitative estimate of drug-likeness (QED) is 0.671. The van der Waals surface area contributed by atoms with Gasteiger partial charge in [0.15, 0.2) is 11.5 Å². The fourth-order valence-electron chi connectivity index (χ4n) is 1.75. The van der Waals surface area contributed by atoms with E-state index < -0.39 is 0 Å². The fourth-order valence-corrected chi connectivity index (χ4v) is 1.97. The molecule has 0 N–H and O–H groups in total. The molecule has 5 heteroatoms. The van der Waals surface area contributed by atoms with Crippen LogP contribution in [0.25, 0.3) is 17.0 Å². The lowest BCUT2D eigenvalue weighted by Crippen LogP contribution is -1.88. The molecule has 0 aliphatic rings. The molecule has 18 heavy (non-hydrogen) atoms. The molecule has 0 amide bonds. The average molecular weight is 255 g/mol. The van der Waals surface area contributed by atoms with Crippen LogP contribution in [-0.2, 0) is 0 Å². The van der Waals surface area contributed by atoms with Gasteiger partial charge in [0.25, 0.3) is 0 Å². The summed E-state index contributed by atoms with van der Waals surface area (Å²) in [5, 5.41) is 13.9. The highest BCUT2D eigenvalue weighted by Gasteiger charge is 2.11. The van der Waals surface area contributed by atoms with Gasteiger partial charge in [-0.3, -0.25) is 0 Å². The Balaban J connectivity index is 2.27. The predicted molar refractivity (Wildman–Crippen MR) is 68.1 cm³/mol. The third-order valence-corrected chi connectivity index (χ3v) is 2.93. The highest BCUT2D eigenvalue weighted by Crippen LogP contribution is 2.25. The van der Waals surface area contributed by atoms with E-state index in [-0.39, 0.29) is 0 Å². The third kappa shape index (κ3) is 1.62. The van der Waals surface area contributed by atoms with Crippen LogP contribution in [0.15, 0.2) is 42.6 Å². The zero-order chi connectivity index (χ0) is 12.5. The van der Waals surface area contributed by atoms with Gasteiger partial charge in [0.05, 0.1) is 10.6 Å². The van der Waals surface area contributed by atoms with Gasteiger partial charge in [-0.1, -0.05) is 23.7 Å². The monoisotopic (exact) mass is 254 g/mol. The Labute approximate surface area is 108 Å². The minimum atomic E-state index is 0.489. The van der Waals surface area contributed by atoms with E-state index in [0.717, 1.165) is 5.56 Å². The maximum absolute atomic E-state index is 9.01. The second-order valence-corrected chi connectivity index (χ2v) is 4.12. The molecule has 0 spiro atoms. The molecule has 0 atom stereocenters. The molecular formula is C13H7ClN4. The molecule has 0 saturated carbocycles. The van der Waals surface area contributed by atoms with Crippen molar-refractivity contribution in [1.82, 2.24) is 14.6 Å². The van der Waals surface area contributed by atoms with Gasteiger partial charge in [-0.2, -0.15) is 5.26 Å². The SMILES string of the molecule is N#Cc1cccn2nc(-c3ccccc3Cl)nc12. The first kappa shape index (κ1) is 10.8. The molecule has 0 saturated heterocycles. The number of hydrogen-bond acceptors (Lipinski definition) is 3. The average Bonchev–Trinajstić information content (AvgIpc) is 2.82. The maximum Gasteiger partial charge on any atom is 0.183 e. The summed E-state index contributed by atoms with van der Waals surface area (Å²) < 4.78 is 1.58. The highest BCUT2D eigenvalue weighted by atomic mass is 35.5. The van der Waals surface area contributed by atoms with Gasteiger partial charge in [0.2, 0.25) is 0 Å². The lowest BCUT2D eigenvalue weighted by molar-refractivity contribution is 0.963. The van der Waals surface area contributed by atoms with E-state index in [9.17, 15) is 0 Å². The normalized spacial score (nSPS) is 10.4. The number of fused-ring (bicyclic) bond motifs is 1. The van der Waals surface area contributed by atoms with E-state index in [1.807, 2.05) is 18.2 Å². The summed E-state index contributed by atoms with van der Waals surface area (Å²) in [6.45, 7) is 0. The van der Waals surface area contributed by atoms with Crippen molar-refractivity contribution in [2.75, 3.05) is 0 Å². The molecule has 0 aliphatic carbocycles. The molecule has 2 aromatic heterocycles. The number of aromatic nitrogens is 3. The molecule has 3 aromatic rings. The van der Waals surface area contributed by atoms with Crippen LogP contribution >= 0.6 is 11.6 Å². The predicted octanol–water partition coefficient (Wildman–Crippen LogP) is 2.92. The van der Waals surface area contributed by atoms with Gasteiger partial charge in [0, 0.05) is 11.8 Å². The van der Waals surface area contributed by atoms with Gasteiger partial charge < -0.3 is 0 Å². The lowest BCUT2D eigenvalue weighted by atomic mass is 10.2. The minimum absolute atomic E-state index is 0.489. The first-order valence-corrected chi connectivity index (χ1v) is 5.68. The summed E-state index contributed by atoms with van der Waals surface area (Å²) in [5.41, 5.74) is 1.78. The molecule has 0 aliphatic heterocycles. The van der Waals surface area contributed by atoms with Crippen molar-refractivity contribution < 1.29 is 0 Å². The third-order valence-electron chi connectivity index (χ3n) is 2.60. The van der Waals surface area contributed by atoms with Crippen molar-refractivity contribution in [2.24, 2.45) is 0 Å². The Bertz CT molecular complexity index is 770. The smallest absolute Gasteiger partial charge is 0.183 e. The molecule has 4 nitrogen and oxygen atoms in total. The van der Waals surface area contributed by atoms with Crippen molar-refractivity contribution in [3.05, 3.63) is 53.2 Å². The Kier molecular flexibility index (Phi) is 2.47. The van der Waals surface area contributed by atoms with Crippen LogP contribution in [0.1, 0.15) is 5.56 Å². The van der Waals surface area contributed by atoms with Crippen molar-refractivity contribution in [3.8, 4) is 17.5 Å². The summed E-state index contributed by atoms with van der Waals surface area (Å²) in [7, 11) is 0. The van der Waals surface area contributed by atoms with Gasteiger partial charge in [-0.25, -0.2) is 9.50 Å². The summed E-state index contributed by atoms with van der Waals surface area (Å²) in [4.78, 5) is 4.36. The maximum atomic E-state index is 9.01. The second-order valence-electron chi connectivity index (χ2n) is 3.72. The first-order chi connectivity index (χ1) is 8.79. The Hall–Kier alpha value is -2.38. The van der Waals surface area contributed by atoms with Crippen LogP contribution in [-0.4, -0.2) is 14.6 Å². The van der Waals surface area contributed by atoms with E-state index in [1.54, 1.807) is 28.9 Å². The van der Waals surface area contributed by atoms with Crippen LogP contribution in [0.4, 0.5) is 0 Å². The van der Waals surface area contributed by atoms with E-state index in [1.165, 1.54) is 0 Å². The molecule has 3 rings (SSSR count). The first-order valence-electron chi connectivity index (χ1n) is 5.30. The van der Waals surface area contributed by atoms with Gasteiger partial charge in [-0.05, 0) is 24.3 Å². The molecule has 86 valence electrons. The topological polar surface area (TPSA) is 54.0 Å². The second kappa shape index (κ2) is 4.13. The summed E-state index contributed by atoms with van der Waals surface area (Å²) in [6, 6.07) is 12.9. The van der Waals surface area contributed by atoms with Crippen LogP contribution in [0.3, 0.4) is 0 Å². The van der Waals surface area contributed by atoms with Crippen LogP contribution in [0.5, 0.6) is 0 Å².